The van der Waals surface area contributed by atoms with Gasteiger partial charge in [0.1, 0.15) is 25.8 Å². The van der Waals surface area contributed by atoms with Gasteiger partial charge in [0.05, 0.1) is 5.69 Å². The first-order chi connectivity index (χ1) is 11.2. The maximum absolute atomic E-state index is 13.1. The zero-order valence-electron chi connectivity index (χ0n) is 12.4. The Balaban J connectivity index is 1.81. The second-order valence-electron chi connectivity index (χ2n) is 5.59. The van der Waals surface area contributed by atoms with Crippen molar-refractivity contribution in [3.63, 3.8) is 0 Å². The molecule has 0 spiro atoms. The number of aromatic nitrogens is 2. The fourth-order valence-electron chi connectivity index (χ4n) is 2.98. The third-order valence-electron chi connectivity index (χ3n) is 4.06. The van der Waals surface area contributed by atoms with Crippen molar-refractivity contribution < 1.29 is 4.39 Å². The second kappa shape index (κ2) is 5.50. The fourth-order valence-corrected chi connectivity index (χ4v) is 2.98. The van der Waals surface area contributed by atoms with Crippen molar-refractivity contribution in [2.24, 2.45) is 0 Å². The highest BCUT2D eigenvalue weighted by molar-refractivity contribution is 6.32. The number of hydrogen-bond acceptors (Lipinski definition) is 3. The standard InChI is InChI=1S/C18H13BFN3/c19-12-2-7-15-11(9-12)1-8-16-17(15)18(22-10-21-16)23-14-5-3-13(20)4-6-14/h2-7,9-10H,1,8H2,(H,21,22,23). The van der Waals surface area contributed by atoms with Crippen LogP contribution in [0.4, 0.5) is 15.9 Å². The number of nitrogens with one attached hydrogen (secondary N) is 1. The molecule has 0 fully saturated rings. The molecule has 0 atom stereocenters. The maximum Gasteiger partial charge on any atom is 0.141 e. The molecule has 0 unspecified atom stereocenters. The largest absolute Gasteiger partial charge is 0.340 e. The molecule has 0 saturated heterocycles. The minimum Gasteiger partial charge on any atom is -0.340 e. The number of hydrogen-bond donors (Lipinski definition) is 1. The minimum atomic E-state index is -0.263. The minimum absolute atomic E-state index is 0.263. The summed E-state index contributed by atoms with van der Waals surface area (Å²) < 4.78 is 13.1. The summed E-state index contributed by atoms with van der Waals surface area (Å²) in [5.41, 5.74) is 5.87. The van der Waals surface area contributed by atoms with Crippen LogP contribution in [0, 0.1) is 5.82 Å². The lowest BCUT2D eigenvalue weighted by molar-refractivity contribution is 0.628. The van der Waals surface area contributed by atoms with Gasteiger partial charge < -0.3 is 5.32 Å². The molecular weight excluding hydrogens is 288 g/mol. The van der Waals surface area contributed by atoms with E-state index in [-0.39, 0.29) is 5.82 Å². The molecule has 0 amide bonds. The van der Waals surface area contributed by atoms with E-state index >= 15 is 0 Å². The van der Waals surface area contributed by atoms with Gasteiger partial charge in [-0.05, 0) is 48.2 Å². The summed E-state index contributed by atoms with van der Waals surface area (Å²) in [6, 6.07) is 12.1. The second-order valence-corrected chi connectivity index (χ2v) is 5.59. The third kappa shape index (κ3) is 2.59. The van der Waals surface area contributed by atoms with Crippen LogP contribution in [0.25, 0.3) is 11.1 Å². The normalized spacial score (nSPS) is 12.4. The van der Waals surface area contributed by atoms with Crippen molar-refractivity contribution in [3.8, 4) is 11.1 Å². The van der Waals surface area contributed by atoms with Crippen LogP contribution < -0.4 is 10.8 Å². The Labute approximate surface area is 135 Å². The summed E-state index contributed by atoms with van der Waals surface area (Å²) in [4.78, 5) is 8.80. The summed E-state index contributed by atoms with van der Waals surface area (Å²) >= 11 is 0. The van der Waals surface area contributed by atoms with E-state index < -0.39 is 0 Å². The van der Waals surface area contributed by atoms with Crippen LogP contribution in [-0.2, 0) is 12.8 Å². The lowest BCUT2D eigenvalue weighted by Crippen LogP contribution is -2.13. The number of fused-ring (bicyclic) bond motifs is 3. The monoisotopic (exact) mass is 301 g/mol. The number of halogens is 1. The zero-order valence-corrected chi connectivity index (χ0v) is 12.4. The zero-order chi connectivity index (χ0) is 15.8. The molecule has 1 aliphatic rings. The van der Waals surface area contributed by atoms with Gasteiger partial charge in [-0.15, -0.1) is 0 Å². The van der Waals surface area contributed by atoms with Crippen LogP contribution in [0.3, 0.4) is 0 Å². The highest BCUT2D eigenvalue weighted by Crippen LogP contribution is 2.37. The molecule has 3 aromatic rings. The van der Waals surface area contributed by atoms with Gasteiger partial charge in [-0.1, -0.05) is 23.7 Å². The van der Waals surface area contributed by atoms with E-state index in [0.29, 0.717) is 0 Å². The summed E-state index contributed by atoms with van der Waals surface area (Å²) in [6.45, 7) is 0. The molecule has 0 saturated carbocycles. The molecule has 0 bridgehead atoms. The first-order valence-electron chi connectivity index (χ1n) is 7.46. The highest BCUT2D eigenvalue weighted by atomic mass is 19.1. The van der Waals surface area contributed by atoms with Crippen LogP contribution in [-0.4, -0.2) is 17.8 Å². The van der Waals surface area contributed by atoms with Crippen molar-refractivity contribution in [1.29, 1.82) is 0 Å². The summed E-state index contributed by atoms with van der Waals surface area (Å²) in [6.07, 6.45) is 3.33. The Morgan fingerprint density at radius 3 is 2.65 bits per heavy atom. The van der Waals surface area contributed by atoms with Crippen LogP contribution >= 0.6 is 0 Å². The topological polar surface area (TPSA) is 37.8 Å². The predicted molar refractivity (Wildman–Crippen MR) is 89.9 cm³/mol. The van der Waals surface area contributed by atoms with Gasteiger partial charge in [0.2, 0.25) is 0 Å². The molecule has 4 rings (SSSR count). The van der Waals surface area contributed by atoms with E-state index in [9.17, 15) is 4.39 Å². The Bertz CT molecular complexity index is 878. The maximum atomic E-state index is 13.1. The van der Waals surface area contributed by atoms with Crippen molar-refractivity contribution in [3.05, 3.63) is 65.9 Å². The molecule has 1 N–H and O–H groups in total. The average molecular weight is 301 g/mol. The highest BCUT2D eigenvalue weighted by Gasteiger charge is 2.21. The van der Waals surface area contributed by atoms with Gasteiger partial charge >= 0.3 is 0 Å². The number of nitrogens with zero attached hydrogens (tertiary/aromatic N) is 2. The molecule has 0 aliphatic heterocycles. The molecule has 2 radical (unpaired) electrons. The molecular formula is C18H13BFN3. The number of benzene rings is 2. The quantitative estimate of drug-likeness (QED) is 0.740. The van der Waals surface area contributed by atoms with Crippen molar-refractivity contribution >= 4 is 24.8 Å². The van der Waals surface area contributed by atoms with Gasteiger partial charge in [-0.2, -0.15) is 0 Å². The van der Waals surface area contributed by atoms with Crippen LogP contribution in [0.5, 0.6) is 0 Å². The number of rotatable bonds is 2. The Hall–Kier alpha value is -2.69. The lowest BCUT2D eigenvalue weighted by Gasteiger charge is -2.22. The summed E-state index contributed by atoms with van der Waals surface area (Å²) in [5.74, 6) is 0.466. The van der Waals surface area contributed by atoms with E-state index in [0.717, 1.165) is 46.6 Å². The summed E-state index contributed by atoms with van der Waals surface area (Å²) in [7, 11) is 5.90. The van der Waals surface area contributed by atoms with Gasteiger partial charge in [-0.3, -0.25) is 0 Å². The number of anilines is 2. The number of aryl methyl sites for hydroxylation is 2. The Morgan fingerprint density at radius 1 is 1.00 bits per heavy atom. The van der Waals surface area contributed by atoms with Crippen molar-refractivity contribution in [1.82, 2.24) is 9.97 Å². The van der Waals surface area contributed by atoms with Gasteiger partial charge in [0.25, 0.3) is 0 Å². The van der Waals surface area contributed by atoms with Crippen LogP contribution in [0.15, 0.2) is 48.8 Å². The molecule has 1 aromatic heterocycles. The van der Waals surface area contributed by atoms with Gasteiger partial charge in [-0.25, -0.2) is 14.4 Å². The van der Waals surface area contributed by atoms with Crippen molar-refractivity contribution in [2.45, 2.75) is 12.8 Å². The first kappa shape index (κ1) is 13.9. The summed E-state index contributed by atoms with van der Waals surface area (Å²) in [5, 5.41) is 3.27. The molecule has 110 valence electrons. The molecule has 1 heterocycles. The van der Waals surface area contributed by atoms with E-state index in [1.165, 1.54) is 17.7 Å². The lowest BCUT2D eigenvalue weighted by atomic mass is 9.84. The molecule has 2 aromatic carbocycles. The van der Waals surface area contributed by atoms with E-state index in [4.69, 9.17) is 7.85 Å². The van der Waals surface area contributed by atoms with Crippen molar-refractivity contribution in [2.75, 3.05) is 5.32 Å². The SMILES string of the molecule is [B]c1ccc2c(c1)CCc1ncnc(Nc3ccc(F)cc3)c1-2. The van der Waals surface area contributed by atoms with Crippen LogP contribution in [0.2, 0.25) is 0 Å². The van der Waals surface area contributed by atoms with Gasteiger partial charge in [0.15, 0.2) is 0 Å². The van der Waals surface area contributed by atoms with E-state index in [2.05, 4.69) is 15.3 Å². The molecule has 1 aliphatic carbocycles. The Kier molecular flexibility index (Phi) is 3.34. The average Bonchev–Trinajstić information content (AvgIpc) is 2.56. The molecule has 3 nitrogen and oxygen atoms in total. The third-order valence-corrected chi connectivity index (χ3v) is 4.06. The predicted octanol–water partition coefficient (Wildman–Crippen LogP) is 2.92. The fraction of sp³-hybridized carbons (Fsp3) is 0.111. The van der Waals surface area contributed by atoms with Gasteiger partial charge in [0, 0.05) is 11.3 Å². The Morgan fingerprint density at radius 2 is 1.83 bits per heavy atom. The smallest absolute Gasteiger partial charge is 0.141 e. The van der Waals surface area contributed by atoms with E-state index in [1.54, 1.807) is 18.5 Å². The molecule has 5 heteroatoms. The first-order valence-corrected chi connectivity index (χ1v) is 7.46. The van der Waals surface area contributed by atoms with Crippen LogP contribution in [0.1, 0.15) is 11.3 Å². The van der Waals surface area contributed by atoms with E-state index in [1.807, 2.05) is 18.2 Å². The molecule has 23 heavy (non-hydrogen) atoms.